The Balaban J connectivity index is 1.72. The first-order chi connectivity index (χ1) is 13.5. The van der Waals surface area contributed by atoms with Gasteiger partial charge in [-0.2, -0.15) is 0 Å². The Morgan fingerprint density at radius 2 is 1.72 bits per heavy atom. The van der Waals surface area contributed by atoms with Crippen LogP contribution in [0.15, 0.2) is 47.4 Å². The van der Waals surface area contributed by atoms with Gasteiger partial charge >= 0.3 is 0 Å². The van der Waals surface area contributed by atoms with Gasteiger partial charge < -0.3 is 4.90 Å². The second kappa shape index (κ2) is 7.79. The number of rotatable bonds is 5. The average Bonchev–Trinajstić information content (AvgIpc) is 3.03. The second-order valence-corrected chi connectivity index (χ2v) is 11.3. The number of sulfone groups is 1. The maximum atomic E-state index is 12.6. The molecule has 29 heavy (non-hydrogen) atoms. The van der Waals surface area contributed by atoms with Crippen LogP contribution in [0.5, 0.6) is 0 Å². The lowest BCUT2D eigenvalue weighted by atomic mass is 10.1. The first-order valence-electron chi connectivity index (χ1n) is 9.16. The van der Waals surface area contributed by atoms with Crippen LogP contribution >= 0.6 is 0 Å². The summed E-state index contributed by atoms with van der Waals surface area (Å²) in [6.07, 6.45) is 0.429. The molecule has 0 aromatic heterocycles. The van der Waals surface area contributed by atoms with E-state index in [4.69, 9.17) is 0 Å². The Hall–Kier alpha value is -2.39. The van der Waals surface area contributed by atoms with Gasteiger partial charge in [0, 0.05) is 24.3 Å². The minimum atomic E-state index is -3.74. The predicted octanol–water partition coefficient (Wildman–Crippen LogP) is 2.36. The SMILES string of the molecule is Cc1ccc(S(=O)(=O)Nc2ccc(C(=O)N(C)C3CCS(=O)(=O)C3)cc2)cc1C. The highest BCUT2D eigenvalue weighted by Crippen LogP contribution is 2.21. The fourth-order valence-corrected chi connectivity index (χ4v) is 6.14. The van der Waals surface area contributed by atoms with Crippen LogP contribution in [0.4, 0.5) is 5.69 Å². The van der Waals surface area contributed by atoms with Crippen LogP contribution in [0, 0.1) is 13.8 Å². The van der Waals surface area contributed by atoms with Crippen LogP contribution in [0.2, 0.25) is 0 Å². The van der Waals surface area contributed by atoms with Gasteiger partial charge in [0.15, 0.2) is 9.84 Å². The predicted molar refractivity (Wildman–Crippen MR) is 112 cm³/mol. The van der Waals surface area contributed by atoms with E-state index in [9.17, 15) is 21.6 Å². The second-order valence-electron chi connectivity index (χ2n) is 7.40. The third-order valence-corrected chi connectivity index (χ3v) is 8.38. The van der Waals surface area contributed by atoms with E-state index in [-0.39, 0.29) is 28.4 Å². The normalized spacial score (nSPS) is 18.4. The Morgan fingerprint density at radius 3 is 2.28 bits per heavy atom. The topological polar surface area (TPSA) is 101 Å². The molecule has 0 bridgehead atoms. The van der Waals surface area contributed by atoms with E-state index in [1.807, 2.05) is 13.8 Å². The summed E-state index contributed by atoms with van der Waals surface area (Å²) in [5.74, 6) is -0.229. The fraction of sp³-hybridized carbons (Fsp3) is 0.350. The summed E-state index contributed by atoms with van der Waals surface area (Å²) in [5.41, 5.74) is 2.59. The van der Waals surface area contributed by atoms with Crippen LogP contribution in [-0.4, -0.2) is 52.2 Å². The number of benzene rings is 2. The zero-order valence-corrected chi connectivity index (χ0v) is 18.2. The molecular formula is C20H24N2O5S2. The molecule has 1 unspecified atom stereocenters. The molecular weight excluding hydrogens is 412 g/mol. The maximum absolute atomic E-state index is 12.6. The summed E-state index contributed by atoms with van der Waals surface area (Å²) in [7, 11) is -5.24. The van der Waals surface area contributed by atoms with Crippen molar-refractivity contribution in [2.24, 2.45) is 0 Å². The first kappa shape index (κ1) is 21.3. The number of aryl methyl sites for hydroxylation is 2. The van der Waals surface area contributed by atoms with Gasteiger partial charge in [-0.05, 0) is 67.8 Å². The number of sulfonamides is 1. The van der Waals surface area contributed by atoms with Gasteiger partial charge in [0.1, 0.15) is 0 Å². The molecule has 0 aliphatic carbocycles. The Kier molecular flexibility index (Phi) is 5.73. The maximum Gasteiger partial charge on any atom is 0.261 e. The van der Waals surface area contributed by atoms with Crippen molar-refractivity contribution in [3.8, 4) is 0 Å². The van der Waals surface area contributed by atoms with Crippen LogP contribution in [0.25, 0.3) is 0 Å². The molecule has 9 heteroatoms. The third-order valence-electron chi connectivity index (χ3n) is 5.25. The third kappa shape index (κ3) is 4.79. The smallest absolute Gasteiger partial charge is 0.261 e. The van der Waals surface area contributed by atoms with Crippen molar-refractivity contribution in [1.82, 2.24) is 4.90 Å². The lowest BCUT2D eigenvalue weighted by molar-refractivity contribution is 0.0747. The summed E-state index contributed by atoms with van der Waals surface area (Å²) in [5, 5.41) is 0. The summed E-state index contributed by atoms with van der Waals surface area (Å²) in [6, 6.07) is 10.7. The standard InChI is InChI=1S/C20H24N2O5S2/c1-14-4-9-19(12-15(14)2)29(26,27)21-17-7-5-16(6-8-17)20(23)22(3)18-10-11-28(24,25)13-18/h4-9,12,18,21H,10-11,13H2,1-3H3. The number of anilines is 1. The molecule has 0 radical (unpaired) electrons. The number of hydrogen-bond donors (Lipinski definition) is 1. The fourth-order valence-electron chi connectivity index (χ4n) is 3.23. The van der Waals surface area contributed by atoms with Gasteiger partial charge in [0.05, 0.1) is 16.4 Å². The van der Waals surface area contributed by atoms with E-state index in [0.717, 1.165) is 11.1 Å². The number of nitrogens with zero attached hydrogens (tertiary/aromatic N) is 1. The molecule has 2 aromatic rings. The molecule has 1 fully saturated rings. The van der Waals surface area contributed by atoms with Crippen LogP contribution < -0.4 is 4.72 Å². The van der Waals surface area contributed by atoms with E-state index in [1.54, 1.807) is 25.2 Å². The van der Waals surface area contributed by atoms with Crippen molar-refractivity contribution in [1.29, 1.82) is 0 Å². The van der Waals surface area contributed by atoms with Crippen LogP contribution in [-0.2, 0) is 19.9 Å². The molecule has 1 aliphatic heterocycles. The number of hydrogen-bond acceptors (Lipinski definition) is 5. The van der Waals surface area contributed by atoms with Crippen molar-refractivity contribution in [2.45, 2.75) is 31.2 Å². The zero-order chi connectivity index (χ0) is 21.4. The van der Waals surface area contributed by atoms with E-state index >= 15 is 0 Å². The number of nitrogens with one attached hydrogen (secondary N) is 1. The summed E-state index contributed by atoms with van der Waals surface area (Å²) in [6.45, 7) is 3.76. The Morgan fingerprint density at radius 1 is 1.07 bits per heavy atom. The molecule has 1 atom stereocenters. The molecule has 1 N–H and O–H groups in total. The summed E-state index contributed by atoms with van der Waals surface area (Å²) in [4.78, 5) is 14.2. The molecule has 1 saturated heterocycles. The van der Waals surface area contributed by atoms with Crippen molar-refractivity contribution in [3.05, 3.63) is 59.2 Å². The minimum Gasteiger partial charge on any atom is -0.338 e. The van der Waals surface area contributed by atoms with E-state index in [1.165, 1.54) is 29.2 Å². The van der Waals surface area contributed by atoms with Gasteiger partial charge in [0.2, 0.25) is 0 Å². The van der Waals surface area contributed by atoms with Gasteiger partial charge in [0.25, 0.3) is 15.9 Å². The number of carbonyl (C=O) groups excluding carboxylic acids is 1. The first-order valence-corrected chi connectivity index (χ1v) is 12.5. The molecule has 7 nitrogen and oxygen atoms in total. The van der Waals surface area contributed by atoms with Gasteiger partial charge in [-0.15, -0.1) is 0 Å². The highest BCUT2D eigenvalue weighted by Gasteiger charge is 2.33. The molecule has 2 aromatic carbocycles. The minimum absolute atomic E-state index is 0.0247. The molecule has 1 heterocycles. The molecule has 1 amide bonds. The van der Waals surface area contributed by atoms with Crippen LogP contribution in [0.1, 0.15) is 27.9 Å². The van der Waals surface area contributed by atoms with Crippen molar-refractivity contribution in [3.63, 3.8) is 0 Å². The molecule has 0 spiro atoms. The molecule has 3 rings (SSSR count). The molecule has 0 saturated carbocycles. The van der Waals surface area contributed by atoms with E-state index in [2.05, 4.69) is 4.72 Å². The quantitative estimate of drug-likeness (QED) is 0.775. The van der Waals surface area contributed by atoms with Gasteiger partial charge in [-0.3, -0.25) is 9.52 Å². The number of amides is 1. The van der Waals surface area contributed by atoms with E-state index < -0.39 is 19.9 Å². The highest BCUT2D eigenvalue weighted by atomic mass is 32.2. The molecule has 156 valence electrons. The monoisotopic (exact) mass is 436 g/mol. The van der Waals surface area contributed by atoms with E-state index in [0.29, 0.717) is 17.7 Å². The van der Waals surface area contributed by atoms with Gasteiger partial charge in [-0.1, -0.05) is 6.07 Å². The van der Waals surface area contributed by atoms with Crippen molar-refractivity contribution in [2.75, 3.05) is 23.3 Å². The summed E-state index contributed by atoms with van der Waals surface area (Å²) < 4.78 is 50.9. The Bertz CT molecular complexity index is 1140. The lowest BCUT2D eigenvalue weighted by Crippen LogP contribution is -2.37. The molecule has 1 aliphatic rings. The average molecular weight is 437 g/mol. The highest BCUT2D eigenvalue weighted by molar-refractivity contribution is 7.92. The van der Waals surface area contributed by atoms with Crippen molar-refractivity contribution < 1.29 is 21.6 Å². The van der Waals surface area contributed by atoms with Gasteiger partial charge in [-0.25, -0.2) is 16.8 Å². The lowest BCUT2D eigenvalue weighted by Gasteiger charge is -2.23. The van der Waals surface area contributed by atoms with Crippen molar-refractivity contribution >= 4 is 31.5 Å². The largest absolute Gasteiger partial charge is 0.338 e. The number of carbonyl (C=O) groups is 1. The zero-order valence-electron chi connectivity index (χ0n) is 16.5. The van der Waals surface area contributed by atoms with Crippen LogP contribution in [0.3, 0.4) is 0 Å². The summed E-state index contributed by atoms with van der Waals surface area (Å²) >= 11 is 0. The Labute approximate surface area is 171 Å².